The van der Waals surface area contributed by atoms with Crippen LogP contribution in [0.25, 0.3) is 0 Å². The standard InChI is InChI=1S/C10H18O3/c1-8(2)5-10(12,7-13-8)9(6-11)3-4-9/h11-12H,3-7H2,1-2H3. The number of hydrogen-bond acceptors (Lipinski definition) is 3. The van der Waals surface area contributed by atoms with Gasteiger partial charge in [0, 0.05) is 11.8 Å². The van der Waals surface area contributed by atoms with Crippen LogP contribution in [-0.4, -0.2) is 34.6 Å². The Balaban J connectivity index is 2.15. The molecule has 1 saturated carbocycles. The van der Waals surface area contributed by atoms with Crippen molar-refractivity contribution in [2.45, 2.75) is 44.3 Å². The number of aliphatic hydroxyl groups excluding tert-OH is 1. The second-order valence-electron chi connectivity index (χ2n) is 5.20. The number of hydrogen-bond donors (Lipinski definition) is 2. The van der Waals surface area contributed by atoms with Gasteiger partial charge >= 0.3 is 0 Å². The molecule has 1 aliphatic heterocycles. The van der Waals surface area contributed by atoms with E-state index in [0.717, 1.165) is 12.8 Å². The number of rotatable bonds is 2. The average molecular weight is 186 g/mol. The largest absolute Gasteiger partial charge is 0.396 e. The van der Waals surface area contributed by atoms with Gasteiger partial charge < -0.3 is 14.9 Å². The van der Waals surface area contributed by atoms with E-state index in [4.69, 9.17) is 4.74 Å². The Morgan fingerprint density at radius 3 is 2.23 bits per heavy atom. The van der Waals surface area contributed by atoms with Gasteiger partial charge in [-0.3, -0.25) is 0 Å². The summed E-state index contributed by atoms with van der Waals surface area (Å²) in [6.45, 7) is 4.43. The SMILES string of the molecule is CC1(C)CC(O)(C2(CO)CC2)CO1. The van der Waals surface area contributed by atoms with Crippen molar-refractivity contribution in [3.05, 3.63) is 0 Å². The monoisotopic (exact) mass is 186 g/mol. The van der Waals surface area contributed by atoms with Crippen LogP contribution in [0.2, 0.25) is 0 Å². The Hall–Kier alpha value is -0.120. The summed E-state index contributed by atoms with van der Waals surface area (Å²) in [5, 5.41) is 19.6. The molecule has 13 heavy (non-hydrogen) atoms. The van der Waals surface area contributed by atoms with Gasteiger partial charge in [0.2, 0.25) is 0 Å². The number of aliphatic hydroxyl groups is 2. The summed E-state index contributed by atoms with van der Waals surface area (Å²) < 4.78 is 5.52. The first-order valence-corrected chi connectivity index (χ1v) is 4.90. The minimum atomic E-state index is -0.786. The molecule has 0 aromatic carbocycles. The zero-order valence-electron chi connectivity index (χ0n) is 8.34. The van der Waals surface area contributed by atoms with Gasteiger partial charge in [-0.15, -0.1) is 0 Å². The molecule has 0 bridgehead atoms. The lowest BCUT2D eigenvalue weighted by Gasteiger charge is -2.30. The highest BCUT2D eigenvalue weighted by Gasteiger charge is 2.62. The van der Waals surface area contributed by atoms with Gasteiger partial charge in [-0.05, 0) is 26.7 Å². The van der Waals surface area contributed by atoms with Crippen LogP contribution >= 0.6 is 0 Å². The van der Waals surface area contributed by atoms with Crippen LogP contribution in [0.5, 0.6) is 0 Å². The van der Waals surface area contributed by atoms with Gasteiger partial charge in [0.05, 0.1) is 24.4 Å². The van der Waals surface area contributed by atoms with Crippen LogP contribution < -0.4 is 0 Å². The molecule has 1 atom stereocenters. The summed E-state index contributed by atoms with van der Waals surface area (Å²) in [4.78, 5) is 0. The summed E-state index contributed by atoms with van der Waals surface area (Å²) >= 11 is 0. The van der Waals surface area contributed by atoms with Crippen LogP contribution in [0.15, 0.2) is 0 Å². The first-order valence-electron chi connectivity index (χ1n) is 4.90. The lowest BCUT2D eigenvalue weighted by atomic mass is 9.80. The quantitative estimate of drug-likeness (QED) is 0.667. The van der Waals surface area contributed by atoms with Crippen molar-refractivity contribution in [1.82, 2.24) is 0 Å². The summed E-state index contributed by atoms with van der Waals surface area (Å²) in [7, 11) is 0. The minimum Gasteiger partial charge on any atom is -0.396 e. The normalized spacial score (nSPS) is 40.6. The van der Waals surface area contributed by atoms with Crippen LogP contribution in [0.3, 0.4) is 0 Å². The fourth-order valence-corrected chi connectivity index (χ4v) is 2.38. The fraction of sp³-hybridized carbons (Fsp3) is 1.00. The molecule has 76 valence electrons. The predicted molar refractivity (Wildman–Crippen MR) is 48.4 cm³/mol. The molecule has 3 heteroatoms. The van der Waals surface area contributed by atoms with Gasteiger partial charge in [0.15, 0.2) is 0 Å². The Labute approximate surface area is 78.7 Å². The van der Waals surface area contributed by atoms with E-state index >= 15 is 0 Å². The molecule has 2 aliphatic rings. The van der Waals surface area contributed by atoms with Crippen LogP contribution in [-0.2, 0) is 4.74 Å². The maximum Gasteiger partial charge on any atom is 0.0985 e. The molecular weight excluding hydrogens is 168 g/mol. The van der Waals surface area contributed by atoms with Gasteiger partial charge in [-0.25, -0.2) is 0 Å². The third kappa shape index (κ3) is 1.30. The molecular formula is C10H18O3. The van der Waals surface area contributed by atoms with Crippen molar-refractivity contribution in [1.29, 1.82) is 0 Å². The maximum absolute atomic E-state index is 10.3. The first-order chi connectivity index (χ1) is 5.93. The summed E-state index contributed by atoms with van der Waals surface area (Å²) in [6, 6.07) is 0. The summed E-state index contributed by atoms with van der Waals surface area (Å²) in [6.07, 6.45) is 2.50. The molecule has 2 rings (SSSR count). The molecule has 0 aromatic heterocycles. The maximum atomic E-state index is 10.3. The molecule has 1 heterocycles. The van der Waals surface area contributed by atoms with E-state index in [1.165, 1.54) is 0 Å². The lowest BCUT2D eigenvalue weighted by Crippen LogP contribution is -2.43. The third-order valence-corrected chi connectivity index (χ3v) is 3.56. The zero-order valence-corrected chi connectivity index (χ0v) is 8.34. The Bertz CT molecular complexity index is 220. The first kappa shape index (κ1) is 9.44. The van der Waals surface area contributed by atoms with Crippen molar-refractivity contribution < 1.29 is 14.9 Å². The Morgan fingerprint density at radius 2 is 1.92 bits per heavy atom. The van der Waals surface area contributed by atoms with Crippen molar-refractivity contribution in [3.8, 4) is 0 Å². The van der Waals surface area contributed by atoms with Gasteiger partial charge in [-0.1, -0.05) is 0 Å². The second-order valence-corrected chi connectivity index (χ2v) is 5.20. The fourth-order valence-electron chi connectivity index (χ4n) is 2.38. The molecule has 2 N–H and O–H groups in total. The summed E-state index contributed by atoms with van der Waals surface area (Å²) in [5.74, 6) is 0. The zero-order chi connectivity index (χ0) is 9.74. The molecule has 2 fully saturated rings. The van der Waals surface area contributed by atoms with Gasteiger partial charge in [0.1, 0.15) is 0 Å². The van der Waals surface area contributed by atoms with E-state index in [-0.39, 0.29) is 17.6 Å². The third-order valence-electron chi connectivity index (χ3n) is 3.56. The molecule has 0 radical (unpaired) electrons. The average Bonchev–Trinajstić information content (AvgIpc) is 2.76. The number of ether oxygens (including phenoxy) is 1. The highest BCUT2D eigenvalue weighted by molar-refractivity contribution is 5.12. The molecule has 1 aliphatic carbocycles. The van der Waals surface area contributed by atoms with Crippen LogP contribution in [0.4, 0.5) is 0 Å². The van der Waals surface area contributed by atoms with E-state index < -0.39 is 5.60 Å². The van der Waals surface area contributed by atoms with E-state index in [9.17, 15) is 10.2 Å². The van der Waals surface area contributed by atoms with E-state index in [2.05, 4.69) is 0 Å². The molecule has 0 amide bonds. The van der Waals surface area contributed by atoms with Gasteiger partial charge in [-0.2, -0.15) is 0 Å². The summed E-state index contributed by atoms with van der Waals surface area (Å²) in [5.41, 5.74) is -1.27. The highest BCUT2D eigenvalue weighted by Crippen LogP contribution is 2.58. The molecule has 0 aromatic rings. The Kier molecular flexibility index (Phi) is 1.79. The van der Waals surface area contributed by atoms with Crippen molar-refractivity contribution in [2.24, 2.45) is 5.41 Å². The highest BCUT2D eigenvalue weighted by atomic mass is 16.5. The smallest absolute Gasteiger partial charge is 0.0985 e. The van der Waals surface area contributed by atoms with Crippen LogP contribution in [0.1, 0.15) is 33.1 Å². The topological polar surface area (TPSA) is 49.7 Å². The predicted octanol–water partition coefficient (Wildman–Crippen LogP) is 0.689. The van der Waals surface area contributed by atoms with Gasteiger partial charge in [0.25, 0.3) is 0 Å². The van der Waals surface area contributed by atoms with E-state index in [1.54, 1.807) is 0 Å². The van der Waals surface area contributed by atoms with E-state index in [1.807, 2.05) is 13.8 Å². The second kappa shape index (κ2) is 2.47. The van der Waals surface area contributed by atoms with E-state index in [0.29, 0.717) is 13.0 Å². The minimum absolute atomic E-state index is 0.0862. The van der Waals surface area contributed by atoms with Crippen molar-refractivity contribution >= 4 is 0 Å². The molecule has 3 nitrogen and oxygen atoms in total. The molecule has 0 spiro atoms. The molecule has 1 saturated heterocycles. The van der Waals surface area contributed by atoms with Crippen LogP contribution in [0, 0.1) is 5.41 Å². The molecule has 1 unspecified atom stereocenters. The van der Waals surface area contributed by atoms with Crippen molar-refractivity contribution in [2.75, 3.05) is 13.2 Å². The lowest BCUT2D eigenvalue weighted by molar-refractivity contribution is -0.0600. The Morgan fingerprint density at radius 1 is 1.31 bits per heavy atom. The van der Waals surface area contributed by atoms with Crippen molar-refractivity contribution in [3.63, 3.8) is 0 Å².